The predicted molar refractivity (Wildman–Crippen MR) is 340 cm³/mol. The van der Waals surface area contributed by atoms with Gasteiger partial charge in [-0.05, 0) is 234 Å². The molecule has 0 unspecified atom stereocenters. The molecule has 3 heterocycles. The van der Waals surface area contributed by atoms with Crippen molar-refractivity contribution >= 4 is 68.4 Å². The molecule has 7 aromatic rings. The van der Waals surface area contributed by atoms with Crippen LogP contribution in [0.3, 0.4) is 0 Å². The minimum Gasteiger partial charge on any atom is -0.468 e. The molecule has 3 nitrogen and oxygen atoms in total. The molecule has 4 heteroatoms. The highest BCUT2D eigenvalue weighted by molar-refractivity contribution is 7.00. The van der Waals surface area contributed by atoms with E-state index in [4.69, 9.17) is 4.42 Å². The average molecular weight is 1050 g/mol. The maximum absolute atomic E-state index is 7.82. The van der Waals surface area contributed by atoms with E-state index in [0.29, 0.717) is 0 Å². The number of rotatable bonds is 3. The number of anilines is 6. The van der Waals surface area contributed by atoms with Crippen LogP contribution in [0.4, 0.5) is 34.1 Å². The van der Waals surface area contributed by atoms with Gasteiger partial charge in [-0.15, -0.1) is 0 Å². The summed E-state index contributed by atoms with van der Waals surface area (Å²) < 4.78 is 7.82. The number of fused-ring (bicyclic) bond motifs is 10. The van der Waals surface area contributed by atoms with Crippen molar-refractivity contribution in [3.63, 3.8) is 0 Å². The Morgan fingerprint density at radius 3 is 1.43 bits per heavy atom. The number of nitrogens with zero attached hydrogens (tertiary/aromatic N) is 2. The van der Waals surface area contributed by atoms with Gasteiger partial charge in [0.25, 0.3) is 6.71 Å². The van der Waals surface area contributed by atoms with Gasteiger partial charge in [0.05, 0.1) is 17.0 Å². The lowest BCUT2D eigenvalue weighted by Crippen LogP contribution is -2.61. The molecule has 2 aliphatic heterocycles. The largest absolute Gasteiger partial charge is 0.468 e. The van der Waals surface area contributed by atoms with E-state index in [1.54, 1.807) is 0 Å². The monoisotopic (exact) mass is 1050 g/mol. The van der Waals surface area contributed by atoms with Crippen LogP contribution in [0, 0.1) is 6.92 Å². The van der Waals surface area contributed by atoms with Crippen LogP contribution in [0.2, 0.25) is 0 Å². The lowest BCUT2D eigenvalue weighted by atomic mass is 9.35. The van der Waals surface area contributed by atoms with Gasteiger partial charge in [-0.3, -0.25) is 0 Å². The number of aryl methyl sites for hydroxylation is 1. The second-order valence-electron chi connectivity index (χ2n) is 32.5. The summed E-state index contributed by atoms with van der Waals surface area (Å²) in [7, 11) is 0. The Labute approximate surface area is 476 Å². The molecule has 6 aliphatic rings. The van der Waals surface area contributed by atoms with Gasteiger partial charge in [0.1, 0.15) is 5.58 Å². The van der Waals surface area contributed by atoms with Crippen molar-refractivity contribution in [2.24, 2.45) is 0 Å². The van der Waals surface area contributed by atoms with Crippen molar-refractivity contribution in [3.05, 3.63) is 147 Å². The fourth-order valence-electron chi connectivity index (χ4n) is 16.3. The Kier molecular flexibility index (Phi) is 11.0. The third kappa shape index (κ3) is 7.69. The smallest absolute Gasteiger partial charge is 0.297 e. The fraction of sp³-hybridized carbons (Fsp3) is 0.493. The average Bonchev–Trinajstić information content (AvgIpc) is 2.93. The molecule has 0 bridgehead atoms. The van der Waals surface area contributed by atoms with Crippen LogP contribution in [0.15, 0.2) is 95.4 Å². The standard InChI is InChI=1S/C75H91BN2O/c1-44-36-60-64-61(37-44)78(58-41-54-51(69(7,8)28-31-72(54,13)14)38-48(58)47-22-21-23-50-63(47)75(19,20)35-34-68(50,5)6)59-42-55-53(71(11,12)30-32-73(55,15)16)40-57(59)76(64)66-65(77(60)46-26-24-45(25-27-46)67(2,3)4)49-39-52-56(43-62(49)79-66)74(17,18)33-29-70(52,9)10/h21-27,36-43H,28-35H2,1-20H3. The highest BCUT2D eigenvalue weighted by Crippen LogP contribution is 2.58. The fourth-order valence-corrected chi connectivity index (χ4v) is 16.3. The SMILES string of the molecule is Cc1cc2c3c(c1)N(c1ccc(C(C)(C)C)cc1)c1c(oc4cc5c(cc14)C(C)(C)CCC5(C)C)B3c1cc3c(cc1N2c1cc2c(cc1-c1cccc4c1C(C)(C)CCC4(C)C)C(C)(C)CCC2(C)C)C(C)(C)CCC3(C)C. The lowest BCUT2D eigenvalue weighted by molar-refractivity contribution is 0.331. The summed E-state index contributed by atoms with van der Waals surface area (Å²) in [5, 5.41) is 1.22. The summed E-state index contributed by atoms with van der Waals surface area (Å²) in [6.45, 7) is 49.1. The van der Waals surface area contributed by atoms with Crippen molar-refractivity contribution in [1.82, 2.24) is 0 Å². The normalized spacial score (nSPS) is 21.7. The zero-order valence-electron chi connectivity index (χ0n) is 52.2. The Morgan fingerprint density at radius 1 is 0.430 bits per heavy atom. The second kappa shape index (κ2) is 16.4. The van der Waals surface area contributed by atoms with Crippen molar-refractivity contribution < 1.29 is 4.42 Å². The molecule has 0 radical (unpaired) electrons. The van der Waals surface area contributed by atoms with Crippen molar-refractivity contribution in [3.8, 4) is 11.1 Å². The van der Waals surface area contributed by atoms with Gasteiger partial charge in [0, 0.05) is 33.7 Å². The van der Waals surface area contributed by atoms with Crippen LogP contribution in [-0.4, -0.2) is 6.71 Å². The summed E-state index contributed by atoms with van der Waals surface area (Å²) >= 11 is 0. The number of hydrogen-bond donors (Lipinski definition) is 0. The quantitative estimate of drug-likeness (QED) is 0.164. The summed E-state index contributed by atoms with van der Waals surface area (Å²) in [4.78, 5) is 5.44. The highest BCUT2D eigenvalue weighted by Gasteiger charge is 2.51. The molecule has 13 rings (SSSR count). The molecule has 0 saturated carbocycles. The second-order valence-corrected chi connectivity index (χ2v) is 32.5. The van der Waals surface area contributed by atoms with Crippen LogP contribution in [0.25, 0.3) is 22.1 Å². The topological polar surface area (TPSA) is 19.6 Å². The Bertz CT molecular complexity index is 3740. The summed E-state index contributed by atoms with van der Waals surface area (Å²) in [5.41, 5.74) is 29.7. The van der Waals surface area contributed by atoms with E-state index in [-0.39, 0.29) is 55.4 Å². The van der Waals surface area contributed by atoms with Gasteiger partial charge in [-0.1, -0.05) is 168 Å². The summed E-state index contributed by atoms with van der Waals surface area (Å²) in [6, 6.07) is 37.8. The zero-order valence-corrected chi connectivity index (χ0v) is 52.2. The number of furan rings is 1. The van der Waals surface area contributed by atoms with Gasteiger partial charge in [0.15, 0.2) is 0 Å². The minimum atomic E-state index is -0.144. The van der Waals surface area contributed by atoms with E-state index in [0.717, 1.165) is 56.2 Å². The molecule has 0 amide bonds. The van der Waals surface area contributed by atoms with Gasteiger partial charge >= 0.3 is 0 Å². The molecular formula is C75H91BN2O. The molecule has 0 N–H and O–H groups in total. The third-order valence-corrected chi connectivity index (χ3v) is 22.1. The van der Waals surface area contributed by atoms with Gasteiger partial charge < -0.3 is 14.2 Å². The Morgan fingerprint density at radius 2 is 0.886 bits per heavy atom. The van der Waals surface area contributed by atoms with Gasteiger partial charge in [-0.25, -0.2) is 0 Å². The summed E-state index contributed by atoms with van der Waals surface area (Å²) in [5.74, 6) is 0. The maximum atomic E-state index is 7.82. The Hall–Kier alpha value is -5.48. The maximum Gasteiger partial charge on any atom is 0.297 e. The van der Waals surface area contributed by atoms with E-state index in [1.807, 2.05) is 0 Å². The van der Waals surface area contributed by atoms with Gasteiger partial charge in [0.2, 0.25) is 0 Å². The van der Waals surface area contributed by atoms with Crippen LogP contribution >= 0.6 is 0 Å². The first-order valence-corrected chi connectivity index (χ1v) is 30.6. The predicted octanol–water partition coefficient (Wildman–Crippen LogP) is 19.2. The molecule has 79 heavy (non-hydrogen) atoms. The zero-order chi connectivity index (χ0) is 56.5. The van der Waals surface area contributed by atoms with E-state index >= 15 is 0 Å². The molecular weight excluding hydrogens is 956 g/mol. The Balaban J connectivity index is 1.20. The van der Waals surface area contributed by atoms with Crippen LogP contribution in [0.1, 0.15) is 239 Å². The molecule has 0 saturated heterocycles. The van der Waals surface area contributed by atoms with E-state index in [2.05, 4.69) is 239 Å². The van der Waals surface area contributed by atoms with Crippen LogP contribution < -0.4 is 26.4 Å². The lowest BCUT2D eigenvalue weighted by Gasteiger charge is -2.48. The molecule has 0 fully saturated rings. The molecule has 0 atom stereocenters. The first-order chi connectivity index (χ1) is 36.6. The third-order valence-electron chi connectivity index (χ3n) is 22.1. The molecule has 0 spiro atoms. The molecule has 410 valence electrons. The van der Waals surface area contributed by atoms with Crippen molar-refractivity contribution in [1.29, 1.82) is 0 Å². The first kappa shape index (κ1) is 52.9. The van der Waals surface area contributed by atoms with Crippen LogP contribution in [0.5, 0.6) is 0 Å². The number of hydrogen-bond acceptors (Lipinski definition) is 3. The van der Waals surface area contributed by atoms with Crippen molar-refractivity contribution in [2.75, 3.05) is 9.80 Å². The van der Waals surface area contributed by atoms with E-state index in [1.165, 1.54) is 124 Å². The minimum absolute atomic E-state index is 0.00238. The summed E-state index contributed by atoms with van der Waals surface area (Å²) in [6.07, 6.45) is 9.27. The van der Waals surface area contributed by atoms with Crippen molar-refractivity contribution in [2.45, 2.75) is 239 Å². The first-order valence-electron chi connectivity index (χ1n) is 30.6. The van der Waals surface area contributed by atoms with Crippen LogP contribution in [-0.2, 0) is 48.7 Å². The number of benzene rings is 6. The van der Waals surface area contributed by atoms with E-state index < -0.39 is 0 Å². The molecule has 1 aromatic heterocycles. The van der Waals surface area contributed by atoms with Gasteiger partial charge in [-0.2, -0.15) is 0 Å². The molecule has 6 aromatic carbocycles. The molecule has 4 aliphatic carbocycles. The highest BCUT2D eigenvalue weighted by atomic mass is 16.3. The van der Waals surface area contributed by atoms with E-state index in [9.17, 15) is 0 Å².